The van der Waals surface area contributed by atoms with Crippen molar-refractivity contribution in [3.63, 3.8) is 0 Å². The van der Waals surface area contributed by atoms with Gasteiger partial charge in [-0.3, -0.25) is 14.4 Å². The molecule has 4 aromatic rings. The van der Waals surface area contributed by atoms with Gasteiger partial charge in [0.1, 0.15) is 17.1 Å². The normalized spacial score (nSPS) is 15.1. The summed E-state index contributed by atoms with van der Waals surface area (Å²) in [7, 11) is 1.68. The van der Waals surface area contributed by atoms with Crippen LogP contribution in [0.1, 0.15) is 5.69 Å². The van der Waals surface area contributed by atoms with Gasteiger partial charge in [-0.15, -0.1) is 11.3 Å². The molecule has 1 aliphatic rings. The number of hydrogen-bond donors (Lipinski definition) is 0. The Morgan fingerprint density at radius 3 is 2.42 bits per heavy atom. The number of aromatic nitrogens is 4. The summed E-state index contributed by atoms with van der Waals surface area (Å²) in [6.45, 7) is 5.56. The Labute approximate surface area is 202 Å². The third-order valence-electron chi connectivity index (χ3n) is 5.84. The molecule has 0 radical (unpaired) electrons. The Bertz CT molecular complexity index is 1240. The van der Waals surface area contributed by atoms with Gasteiger partial charge in [-0.2, -0.15) is 5.10 Å². The molecule has 2 aromatic carbocycles. The molecule has 7 nitrogen and oxygen atoms in total. The van der Waals surface area contributed by atoms with E-state index in [1.165, 1.54) is 0 Å². The van der Waals surface area contributed by atoms with Crippen LogP contribution in [0.2, 0.25) is 0 Å². The SMILES string of the molecule is COc1ccc(-c2nc(CN3CCN(Cn4ncn(-c5ccccc5)c4=S)CC3)cs2)cc1. The number of nitrogens with zero attached hydrogens (tertiary/aromatic N) is 6. The first-order valence-electron chi connectivity index (χ1n) is 10.9. The van der Waals surface area contributed by atoms with Crippen molar-refractivity contribution in [3.05, 3.63) is 76.8 Å². The molecule has 0 N–H and O–H groups in total. The largest absolute Gasteiger partial charge is 0.497 e. The molecule has 0 aliphatic carbocycles. The number of para-hydroxylation sites is 1. The van der Waals surface area contributed by atoms with Gasteiger partial charge in [-0.25, -0.2) is 9.67 Å². The smallest absolute Gasteiger partial charge is 0.203 e. The van der Waals surface area contributed by atoms with Crippen molar-refractivity contribution in [2.75, 3.05) is 33.3 Å². The molecule has 3 heterocycles. The number of rotatable bonds is 7. The van der Waals surface area contributed by atoms with Crippen LogP contribution < -0.4 is 4.74 Å². The molecule has 0 amide bonds. The molecule has 0 unspecified atom stereocenters. The Balaban J connectivity index is 1.15. The molecule has 5 rings (SSSR count). The van der Waals surface area contributed by atoms with Crippen LogP contribution in [0.5, 0.6) is 5.75 Å². The van der Waals surface area contributed by atoms with Crippen LogP contribution in [0.25, 0.3) is 16.3 Å². The quantitative estimate of drug-likeness (QED) is 0.369. The fraction of sp³-hybridized carbons (Fsp3) is 0.292. The van der Waals surface area contributed by atoms with Gasteiger partial charge in [-0.05, 0) is 48.6 Å². The summed E-state index contributed by atoms with van der Waals surface area (Å²) in [5, 5.41) is 7.74. The van der Waals surface area contributed by atoms with Crippen LogP contribution in [0.15, 0.2) is 66.3 Å². The molecule has 1 fully saturated rings. The van der Waals surface area contributed by atoms with Gasteiger partial charge in [-0.1, -0.05) is 18.2 Å². The summed E-state index contributed by atoms with van der Waals surface area (Å²) < 4.78 is 9.82. The Morgan fingerprint density at radius 1 is 0.970 bits per heavy atom. The predicted molar refractivity (Wildman–Crippen MR) is 133 cm³/mol. The number of benzene rings is 2. The number of thiazole rings is 1. The highest BCUT2D eigenvalue weighted by molar-refractivity contribution is 7.71. The van der Waals surface area contributed by atoms with E-state index in [2.05, 4.69) is 32.4 Å². The molecular weight excluding hydrogens is 452 g/mol. The Hall–Kier alpha value is -2.85. The van der Waals surface area contributed by atoms with E-state index in [9.17, 15) is 0 Å². The number of piperazine rings is 1. The van der Waals surface area contributed by atoms with E-state index in [1.54, 1.807) is 24.8 Å². The fourth-order valence-corrected chi connectivity index (χ4v) is 5.03. The molecular formula is C24H26N6OS2. The molecule has 1 aliphatic heterocycles. The maximum absolute atomic E-state index is 5.65. The monoisotopic (exact) mass is 478 g/mol. The second kappa shape index (κ2) is 9.96. The van der Waals surface area contributed by atoms with Crippen LogP contribution in [-0.4, -0.2) is 62.4 Å². The van der Waals surface area contributed by atoms with Crippen molar-refractivity contribution < 1.29 is 4.74 Å². The van der Waals surface area contributed by atoms with Gasteiger partial charge >= 0.3 is 0 Å². The standard InChI is InChI=1S/C24H26N6OS2/c1-31-22-9-7-19(8-10-22)23-26-20(16-33-23)15-27-11-13-28(14-12-27)18-30-24(32)29(17-25-30)21-5-3-2-4-6-21/h2-10,16-17H,11-15,18H2,1H3. The summed E-state index contributed by atoms with van der Waals surface area (Å²) in [4.78, 5) is 9.72. The number of methoxy groups -OCH3 is 1. The molecule has 0 bridgehead atoms. The van der Waals surface area contributed by atoms with Crippen LogP contribution in [-0.2, 0) is 13.2 Å². The Morgan fingerprint density at radius 2 is 1.70 bits per heavy atom. The van der Waals surface area contributed by atoms with Gasteiger partial charge in [0.15, 0.2) is 0 Å². The molecule has 0 atom stereocenters. The lowest BCUT2D eigenvalue weighted by atomic mass is 10.2. The second-order valence-corrected chi connectivity index (χ2v) is 9.25. The van der Waals surface area contributed by atoms with Gasteiger partial charge in [0.25, 0.3) is 0 Å². The van der Waals surface area contributed by atoms with E-state index in [0.29, 0.717) is 6.67 Å². The second-order valence-electron chi connectivity index (χ2n) is 8.03. The summed E-state index contributed by atoms with van der Waals surface area (Å²) >= 11 is 7.35. The van der Waals surface area contributed by atoms with Crippen molar-refractivity contribution >= 4 is 23.6 Å². The topological polar surface area (TPSA) is 51.4 Å². The van der Waals surface area contributed by atoms with E-state index >= 15 is 0 Å². The van der Waals surface area contributed by atoms with Crippen LogP contribution in [0, 0.1) is 4.77 Å². The van der Waals surface area contributed by atoms with E-state index in [1.807, 2.05) is 51.7 Å². The zero-order valence-corrected chi connectivity index (χ0v) is 20.1. The zero-order chi connectivity index (χ0) is 22.6. The van der Waals surface area contributed by atoms with Crippen LogP contribution in [0.4, 0.5) is 0 Å². The van der Waals surface area contributed by atoms with Gasteiger partial charge in [0, 0.05) is 49.4 Å². The maximum Gasteiger partial charge on any atom is 0.203 e. The minimum Gasteiger partial charge on any atom is -0.497 e. The lowest BCUT2D eigenvalue weighted by Crippen LogP contribution is -2.46. The third-order valence-corrected chi connectivity index (χ3v) is 7.19. The molecule has 0 saturated carbocycles. The highest BCUT2D eigenvalue weighted by Crippen LogP contribution is 2.26. The molecule has 9 heteroatoms. The van der Waals surface area contributed by atoms with E-state index in [0.717, 1.165) is 65.2 Å². The van der Waals surface area contributed by atoms with E-state index < -0.39 is 0 Å². The van der Waals surface area contributed by atoms with Crippen LogP contribution >= 0.6 is 23.6 Å². The van der Waals surface area contributed by atoms with E-state index in [-0.39, 0.29) is 0 Å². The molecule has 0 spiro atoms. The summed E-state index contributed by atoms with van der Waals surface area (Å²) in [5.74, 6) is 0.863. The van der Waals surface area contributed by atoms with Crippen LogP contribution in [0.3, 0.4) is 0 Å². The maximum atomic E-state index is 5.65. The summed E-state index contributed by atoms with van der Waals surface area (Å²) in [6.07, 6.45) is 1.80. The van der Waals surface area contributed by atoms with Crippen molar-refractivity contribution in [3.8, 4) is 22.0 Å². The Kier molecular flexibility index (Phi) is 6.63. The van der Waals surface area contributed by atoms with Crippen molar-refractivity contribution in [1.29, 1.82) is 0 Å². The third kappa shape index (κ3) is 5.06. The first-order valence-corrected chi connectivity index (χ1v) is 12.2. The average molecular weight is 479 g/mol. The minimum atomic E-state index is 0.713. The highest BCUT2D eigenvalue weighted by Gasteiger charge is 2.19. The van der Waals surface area contributed by atoms with Gasteiger partial charge in [0.05, 0.1) is 19.5 Å². The minimum absolute atomic E-state index is 0.713. The average Bonchev–Trinajstić information content (AvgIpc) is 3.48. The van der Waals surface area contributed by atoms with Gasteiger partial charge < -0.3 is 4.74 Å². The number of hydrogen-bond acceptors (Lipinski definition) is 7. The van der Waals surface area contributed by atoms with E-state index in [4.69, 9.17) is 21.9 Å². The molecule has 2 aromatic heterocycles. The summed E-state index contributed by atoms with van der Waals surface area (Å²) in [5.41, 5.74) is 3.29. The lowest BCUT2D eigenvalue weighted by molar-refractivity contribution is 0.0974. The fourth-order valence-electron chi connectivity index (χ4n) is 3.95. The molecule has 1 saturated heterocycles. The predicted octanol–water partition coefficient (Wildman–Crippen LogP) is 4.31. The summed E-state index contributed by atoms with van der Waals surface area (Å²) in [6, 6.07) is 18.2. The lowest BCUT2D eigenvalue weighted by Gasteiger charge is -2.34. The van der Waals surface area contributed by atoms with Crippen molar-refractivity contribution in [2.45, 2.75) is 13.2 Å². The molecule has 33 heavy (non-hydrogen) atoms. The van der Waals surface area contributed by atoms with Crippen molar-refractivity contribution in [2.24, 2.45) is 0 Å². The highest BCUT2D eigenvalue weighted by atomic mass is 32.1. The first kappa shape index (κ1) is 22.0. The number of ether oxygens (including phenoxy) is 1. The molecule has 170 valence electrons. The first-order chi connectivity index (χ1) is 16.2. The van der Waals surface area contributed by atoms with Crippen molar-refractivity contribution in [1.82, 2.24) is 29.1 Å². The zero-order valence-electron chi connectivity index (χ0n) is 18.5. The van der Waals surface area contributed by atoms with Gasteiger partial charge in [0.2, 0.25) is 4.77 Å².